The molecule has 0 aromatic heterocycles. The highest BCUT2D eigenvalue weighted by molar-refractivity contribution is 9.10. The van der Waals surface area contributed by atoms with E-state index in [4.69, 9.17) is 0 Å². The largest absolute Gasteiger partial charge is 0.351 e. The zero-order chi connectivity index (χ0) is 15.8. The van der Waals surface area contributed by atoms with E-state index in [-0.39, 0.29) is 18.4 Å². The molecular weight excluding hydrogens is 334 g/mol. The summed E-state index contributed by atoms with van der Waals surface area (Å²) in [5, 5.41) is 5.65. The molecule has 6 heteroatoms. The molecule has 0 saturated carbocycles. The molecule has 0 aliphatic carbocycles. The van der Waals surface area contributed by atoms with Crippen LogP contribution in [0.3, 0.4) is 0 Å². The number of anilines is 1. The number of hydrogen-bond donors (Lipinski definition) is 3. The normalized spacial score (nSPS) is 11.8. The Balaban J connectivity index is 2.44. The summed E-state index contributed by atoms with van der Waals surface area (Å²) in [5.74, 6) is -0.140. The van der Waals surface area contributed by atoms with Crippen LogP contribution in [-0.2, 0) is 9.59 Å². The fourth-order valence-corrected chi connectivity index (χ4v) is 2.45. The third kappa shape index (κ3) is 6.73. The highest BCUT2D eigenvalue weighted by atomic mass is 79.9. The van der Waals surface area contributed by atoms with Crippen LogP contribution in [0.5, 0.6) is 0 Å². The topological polar surface area (TPSA) is 62.6 Å². The molecule has 0 saturated heterocycles. The van der Waals surface area contributed by atoms with Crippen LogP contribution in [0, 0.1) is 6.92 Å². The Labute approximate surface area is 134 Å². The van der Waals surface area contributed by atoms with Gasteiger partial charge in [-0.05, 0) is 47.0 Å². The monoisotopic (exact) mass is 356 g/mol. The molecule has 5 nitrogen and oxygen atoms in total. The lowest BCUT2D eigenvalue weighted by Crippen LogP contribution is -3.11. The Morgan fingerprint density at radius 1 is 1.24 bits per heavy atom. The molecule has 1 unspecified atom stereocenters. The average molecular weight is 357 g/mol. The summed E-state index contributed by atoms with van der Waals surface area (Å²) >= 11 is 3.42. The molecule has 1 rings (SSSR count). The van der Waals surface area contributed by atoms with Gasteiger partial charge in [0.2, 0.25) is 0 Å². The van der Waals surface area contributed by atoms with Crippen molar-refractivity contribution in [1.82, 2.24) is 5.32 Å². The summed E-state index contributed by atoms with van der Waals surface area (Å²) in [5.41, 5.74) is 1.86. The number of amides is 2. The highest BCUT2D eigenvalue weighted by Gasteiger charge is 2.14. The highest BCUT2D eigenvalue weighted by Crippen LogP contribution is 2.22. The van der Waals surface area contributed by atoms with Crippen LogP contribution < -0.4 is 15.5 Å². The first-order valence-electron chi connectivity index (χ1n) is 7.06. The minimum Gasteiger partial charge on any atom is -0.351 e. The first-order valence-corrected chi connectivity index (χ1v) is 7.85. The van der Waals surface area contributed by atoms with Gasteiger partial charge in [-0.1, -0.05) is 13.0 Å². The maximum absolute atomic E-state index is 12.0. The van der Waals surface area contributed by atoms with Crippen LogP contribution in [-0.4, -0.2) is 38.5 Å². The summed E-state index contributed by atoms with van der Waals surface area (Å²) in [6.45, 7) is 5.21. The second kappa shape index (κ2) is 8.79. The molecule has 0 aliphatic heterocycles. The van der Waals surface area contributed by atoms with Gasteiger partial charge in [-0.15, -0.1) is 0 Å². The summed E-state index contributed by atoms with van der Waals surface area (Å²) < 4.78 is 0.856. The van der Waals surface area contributed by atoms with Crippen LogP contribution in [0.2, 0.25) is 0 Å². The smallest absolute Gasteiger partial charge is 0.279 e. The molecule has 3 N–H and O–H groups in total. The third-order valence-corrected chi connectivity index (χ3v) is 3.55. The fourth-order valence-electron chi connectivity index (χ4n) is 1.85. The third-order valence-electron chi connectivity index (χ3n) is 2.90. The molecule has 0 bridgehead atoms. The van der Waals surface area contributed by atoms with Crippen molar-refractivity contribution >= 4 is 33.4 Å². The van der Waals surface area contributed by atoms with E-state index in [0.717, 1.165) is 27.0 Å². The summed E-state index contributed by atoms with van der Waals surface area (Å²) in [4.78, 5) is 24.4. The number of aryl methyl sites for hydroxylation is 1. The lowest BCUT2D eigenvalue weighted by Gasteiger charge is -2.14. The van der Waals surface area contributed by atoms with Crippen molar-refractivity contribution in [3.8, 4) is 0 Å². The molecule has 116 valence electrons. The molecule has 0 spiro atoms. The zero-order valence-electron chi connectivity index (χ0n) is 12.8. The predicted molar refractivity (Wildman–Crippen MR) is 87.4 cm³/mol. The average Bonchev–Trinajstić information content (AvgIpc) is 2.39. The van der Waals surface area contributed by atoms with Gasteiger partial charge >= 0.3 is 0 Å². The molecule has 0 heterocycles. The second-order valence-electron chi connectivity index (χ2n) is 5.19. The van der Waals surface area contributed by atoms with Gasteiger partial charge in [0.05, 0.1) is 12.7 Å². The number of quaternary nitrogens is 1. The van der Waals surface area contributed by atoms with Crippen molar-refractivity contribution in [2.75, 3.05) is 32.0 Å². The lowest BCUT2D eigenvalue weighted by molar-refractivity contribution is -0.862. The van der Waals surface area contributed by atoms with Crippen molar-refractivity contribution in [3.05, 3.63) is 28.2 Å². The number of nitrogens with one attached hydrogen (secondary N) is 3. The van der Waals surface area contributed by atoms with Gasteiger partial charge in [0.25, 0.3) is 11.8 Å². The second-order valence-corrected chi connectivity index (χ2v) is 6.05. The van der Waals surface area contributed by atoms with Gasteiger partial charge in [0, 0.05) is 11.0 Å². The molecular formula is C15H23BrN3O2+. The van der Waals surface area contributed by atoms with Gasteiger partial charge in [-0.3, -0.25) is 9.59 Å². The van der Waals surface area contributed by atoms with Crippen molar-refractivity contribution < 1.29 is 14.5 Å². The quantitative estimate of drug-likeness (QED) is 0.674. The Morgan fingerprint density at radius 3 is 2.52 bits per heavy atom. The number of carbonyl (C=O) groups is 2. The molecule has 0 aliphatic rings. The van der Waals surface area contributed by atoms with Crippen molar-refractivity contribution in [1.29, 1.82) is 0 Å². The number of carbonyl (C=O) groups excluding carboxylic acids is 2. The first-order chi connectivity index (χ1) is 9.92. The van der Waals surface area contributed by atoms with Crippen LogP contribution in [0.15, 0.2) is 22.7 Å². The van der Waals surface area contributed by atoms with E-state index in [9.17, 15) is 9.59 Å². The number of likely N-dealkylation sites (N-methyl/N-ethyl adjacent to an activating group) is 1. The van der Waals surface area contributed by atoms with E-state index >= 15 is 0 Å². The summed E-state index contributed by atoms with van der Waals surface area (Å²) in [6.07, 6.45) is 0.909. The number of halogens is 1. The molecule has 21 heavy (non-hydrogen) atoms. The SMILES string of the molecule is CCCNC(=O)C[NH+](C)CC(=O)Nc1ccc(C)cc1Br. The minimum atomic E-state index is -0.111. The Hall–Kier alpha value is -1.40. The first kappa shape index (κ1) is 17.7. The Kier molecular flexibility index (Phi) is 7.39. The Bertz CT molecular complexity index is 506. The lowest BCUT2D eigenvalue weighted by atomic mass is 10.2. The number of hydrogen-bond acceptors (Lipinski definition) is 2. The van der Waals surface area contributed by atoms with E-state index in [2.05, 4.69) is 26.6 Å². The minimum absolute atomic E-state index is 0.0290. The van der Waals surface area contributed by atoms with Gasteiger partial charge in [-0.25, -0.2) is 0 Å². The van der Waals surface area contributed by atoms with Crippen LogP contribution in [0.25, 0.3) is 0 Å². The maximum Gasteiger partial charge on any atom is 0.279 e. The summed E-state index contributed by atoms with van der Waals surface area (Å²) in [6, 6.07) is 5.75. The van der Waals surface area contributed by atoms with E-state index < -0.39 is 0 Å². The molecule has 1 aromatic carbocycles. The van der Waals surface area contributed by atoms with E-state index in [1.165, 1.54) is 0 Å². The van der Waals surface area contributed by atoms with Crippen LogP contribution >= 0.6 is 15.9 Å². The summed E-state index contributed by atoms with van der Waals surface area (Å²) in [7, 11) is 1.83. The van der Waals surface area contributed by atoms with E-state index in [0.29, 0.717) is 13.1 Å². The molecule has 1 aromatic rings. The van der Waals surface area contributed by atoms with Crippen LogP contribution in [0.1, 0.15) is 18.9 Å². The molecule has 2 amide bonds. The standard InChI is InChI=1S/C15H22BrN3O2/c1-4-7-17-14(20)9-19(3)10-15(21)18-13-6-5-11(2)8-12(13)16/h5-6,8H,4,7,9-10H2,1-3H3,(H,17,20)(H,18,21)/p+1. The molecule has 0 radical (unpaired) electrons. The van der Waals surface area contributed by atoms with Crippen LogP contribution in [0.4, 0.5) is 5.69 Å². The Morgan fingerprint density at radius 2 is 1.90 bits per heavy atom. The van der Waals surface area contributed by atoms with Gasteiger partial charge in [0.15, 0.2) is 13.1 Å². The van der Waals surface area contributed by atoms with Gasteiger partial charge in [0.1, 0.15) is 0 Å². The number of rotatable bonds is 7. The zero-order valence-corrected chi connectivity index (χ0v) is 14.3. The van der Waals surface area contributed by atoms with E-state index in [1.807, 2.05) is 39.1 Å². The van der Waals surface area contributed by atoms with Crippen molar-refractivity contribution in [3.63, 3.8) is 0 Å². The maximum atomic E-state index is 12.0. The van der Waals surface area contributed by atoms with Crippen molar-refractivity contribution in [2.45, 2.75) is 20.3 Å². The molecule has 1 atom stereocenters. The fraction of sp³-hybridized carbons (Fsp3) is 0.467. The van der Waals surface area contributed by atoms with Gasteiger partial charge in [-0.2, -0.15) is 0 Å². The van der Waals surface area contributed by atoms with Gasteiger partial charge < -0.3 is 15.5 Å². The number of benzene rings is 1. The van der Waals surface area contributed by atoms with Crippen molar-refractivity contribution in [2.24, 2.45) is 0 Å². The van der Waals surface area contributed by atoms with E-state index in [1.54, 1.807) is 0 Å². The molecule has 0 fully saturated rings. The predicted octanol–water partition coefficient (Wildman–Crippen LogP) is 0.737.